The number of nitrogen functional groups attached to an aromatic ring is 1. The maximum Gasteiger partial charge on any atom is 0.181 e. The van der Waals surface area contributed by atoms with Crippen molar-refractivity contribution in [3.8, 4) is 11.4 Å². The van der Waals surface area contributed by atoms with Crippen LogP contribution < -0.4 is 5.73 Å². The van der Waals surface area contributed by atoms with Crippen LogP contribution in [0.25, 0.3) is 21.6 Å². The molecule has 2 N–H and O–H groups in total. The number of nitrogens with two attached hydrogens (primary N) is 1. The average molecular weight is 245 g/mol. The van der Waals surface area contributed by atoms with E-state index in [4.69, 9.17) is 5.73 Å². The lowest BCUT2D eigenvalue weighted by molar-refractivity contribution is 0.865. The van der Waals surface area contributed by atoms with Gasteiger partial charge in [-0.3, -0.25) is 0 Å². The maximum atomic E-state index is 5.69. The second kappa shape index (κ2) is 3.53. The lowest BCUT2D eigenvalue weighted by atomic mass is 10.2. The zero-order chi connectivity index (χ0) is 12.0. The Labute approximate surface area is 102 Å². The minimum absolute atomic E-state index is 0.589. The summed E-state index contributed by atoms with van der Waals surface area (Å²) < 4.78 is 3.03. The second-order valence-corrected chi connectivity index (χ2v) is 4.93. The van der Waals surface area contributed by atoms with Gasteiger partial charge in [0.25, 0.3) is 0 Å². The van der Waals surface area contributed by atoms with E-state index in [2.05, 4.69) is 15.2 Å². The fourth-order valence-corrected chi connectivity index (χ4v) is 2.51. The van der Waals surface area contributed by atoms with E-state index < -0.39 is 0 Å². The molecule has 0 radical (unpaired) electrons. The predicted octanol–water partition coefficient (Wildman–Crippen LogP) is 1.98. The molecule has 86 valence electrons. The average Bonchev–Trinajstić information content (AvgIpc) is 2.81. The fourth-order valence-electron chi connectivity index (χ4n) is 1.74. The molecule has 0 unspecified atom stereocenters. The molecule has 0 spiro atoms. The zero-order valence-corrected chi connectivity index (χ0v) is 10.3. The number of nitrogens with zero attached hydrogens (tertiary/aromatic N) is 4. The van der Waals surface area contributed by atoms with E-state index in [1.165, 1.54) is 11.3 Å². The lowest BCUT2D eigenvalue weighted by Gasteiger charge is -2.01. The van der Waals surface area contributed by atoms with Crippen molar-refractivity contribution >= 4 is 26.7 Å². The Kier molecular flexibility index (Phi) is 2.12. The van der Waals surface area contributed by atoms with Crippen LogP contribution in [-0.2, 0) is 7.05 Å². The van der Waals surface area contributed by atoms with Crippen LogP contribution in [0.3, 0.4) is 0 Å². The first-order valence-corrected chi connectivity index (χ1v) is 5.99. The molecule has 17 heavy (non-hydrogen) atoms. The first-order valence-electron chi connectivity index (χ1n) is 5.17. The van der Waals surface area contributed by atoms with Crippen molar-refractivity contribution in [2.75, 3.05) is 5.73 Å². The second-order valence-electron chi connectivity index (χ2n) is 3.86. The molecular formula is C11H11N5S. The van der Waals surface area contributed by atoms with Crippen molar-refractivity contribution in [3.63, 3.8) is 0 Å². The number of aromatic nitrogens is 4. The summed E-state index contributed by atoms with van der Waals surface area (Å²) in [4.78, 5) is 4.23. The van der Waals surface area contributed by atoms with Gasteiger partial charge in [-0.05, 0) is 25.1 Å². The fraction of sp³-hybridized carbons (Fsp3) is 0.182. The Morgan fingerprint density at radius 3 is 2.82 bits per heavy atom. The van der Waals surface area contributed by atoms with Gasteiger partial charge in [-0.25, -0.2) is 4.98 Å². The topological polar surface area (TPSA) is 69.6 Å². The third-order valence-corrected chi connectivity index (χ3v) is 3.60. The van der Waals surface area contributed by atoms with Gasteiger partial charge in [0.05, 0.1) is 10.2 Å². The molecule has 2 heterocycles. The van der Waals surface area contributed by atoms with Gasteiger partial charge in [0.1, 0.15) is 5.82 Å². The molecule has 3 rings (SSSR count). The quantitative estimate of drug-likeness (QED) is 0.711. The van der Waals surface area contributed by atoms with Gasteiger partial charge in [-0.2, -0.15) is 0 Å². The monoisotopic (exact) mass is 245 g/mol. The van der Waals surface area contributed by atoms with Crippen molar-refractivity contribution < 1.29 is 0 Å². The van der Waals surface area contributed by atoms with Crippen molar-refractivity contribution in [1.29, 1.82) is 0 Å². The molecule has 6 heteroatoms. The maximum absolute atomic E-state index is 5.69. The van der Waals surface area contributed by atoms with Crippen molar-refractivity contribution in [1.82, 2.24) is 19.7 Å². The predicted molar refractivity (Wildman–Crippen MR) is 68.8 cm³/mol. The minimum atomic E-state index is 0.589. The summed E-state index contributed by atoms with van der Waals surface area (Å²) in [6.45, 7) is 1.93. The summed E-state index contributed by atoms with van der Waals surface area (Å²) in [7, 11) is 1.95. The third-order valence-electron chi connectivity index (χ3n) is 2.76. The highest BCUT2D eigenvalue weighted by molar-refractivity contribution is 7.22. The molecule has 0 saturated carbocycles. The SMILES string of the molecule is Cc1nnc(-c2ccc3nc(N)sc3c2)n1C. The Morgan fingerprint density at radius 1 is 1.29 bits per heavy atom. The van der Waals surface area contributed by atoms with Gasteiger partial charge >= 0.3 is 0 Å². The van der Waals surface area contributed by atoms with Gasteiger partial charge in [0.2, 0.25) is 0 Å². The highest BCUT2D eigenvalue weighted by atomic mass is 32.1. The van der Waals surface area contributed by atoms with E-state index in [0.29, 0.717) is 5.13 Å². The van der Waals surface area contributed by atoms with E-state index >= 15 is 0 Å². The molecule has 0 aliphatic rings. The van der Waals surface area contributed by atoms with Crippen molar-refractivity contribution in [2.45, 2.75) is 6.92 Å². The molecule has 0 amide bonds. The van der Waals surface area contributed by atoms with E-state index in [0.717, 1.165) is 27.4 Å². The number of aryl methyl sites for hydroxylation is 1. The molecule has 0 saturated heterocycles. The minimum Gasteiger partial charge on any atom is -0.375 e. The van der Waals surface area contributed by atoms with E-state index in [1.807, 2.05) is 36.7 Å². The van der Waals surface area contributed by atoms with Crippen molar-refractivity contribution in [2.24, 2.45) is 7.05 Å². The van der Waals surface area contributed by atoms with E-state index in [1.54, 1.807) is 0 Å². The molecule has 0 aliphatic carbocycles. The summed E-state index contributed by atoms with van der Waals surface area (Å²) >= 11 is 1.48. The highest BCUT2D eigenvalue weighted by Crippen LogP contribution is 2.28. The molecule has 0 fully saturated rings. The smallest absolute Gasteiger partial charge is 0.181 e. The lowest BCUT2D eigenvalue weighted by Crippen LogP contribution is -1.94. The molecule has 0 aliphatic heterocycles. The van der Waals surface area contributed by atoms with E-state index in [-0.39, 0.29) is 0 Å². The molecule has 5 nitrogen and oxygen atoms in total. The first-order chi connectivity index (χ1) is 8.15. The Morgan fingerprint density at radius 2 is 2.12 bits per heavy atom. The number of benzene rings is 1. The Bertz CT molecular complexity index is 697. The zero-order valence-electron chi connectivity index (χ0n) is 9.51. The standard InChI is InChI=1S/C11H11N5S/c1-6-14-15-10(16(6)2)7-3-4-8-9(5-7)17-11(12)13-8/h3-5H,1-2H3,(H2,12,13). The van der Waals surface area contributed by atoms with Crippen LogP contribution >= 0.6 is 11.3 Å². The number of hydrogen-bond acceptors (Lipinski definition) is 5. The number of thiazole rings is 1. The van der Waals surface area contributed by atoms with Gasteiger partial charge in [0.15, 0.2) is 11.0 Å². The number of anilines is 1. The summed E-state index contributed by atoms with van der Waals surface area (Å²) in [5.74, 6) is 1.75. The van der Waals surface area contributed by atoms with Crippen LogP contribution in [0.5, 0.6) is 0 Å². The molecule has 1 aromatic carbocycles. The Hall–Kier alpha value is -1.95. The summed E-state index contributed by atoms with van der Waals surface area (Å²) in [5.41, 5.74) is 7.65. The largest absolute Gasteiger partial charge is 0.375 e. The van der Waals surface area contributed by atoms with Crippen LogP contribution in [0.4, 0.5) is 5.13 Å². The van der Waals surface area contributed by atoms with E-state index in [9.17, 15) is 0 Å². The summed E-state index contributed by atoms with van der Waals surface area (Å²) in [5, 5.41) is 8.81. The van der Waals surface area contributed by atoms with Gasteiger partial charge in [-0.1, -0.05) is 11.3 Å². The Balaban J connectivity index is 2.20. The van der Waals surface area contributed by atoms with Gasteiger partial charge in [-0.15, -0.1) is 10.2 Å². The molecule has 2 aromatic heterocycles. The van der Waals surface area contributed by atoms with Crippen LogP contribution in [0.2, 0.25) is 0 Å². The molecule has 3 aromatic rings. The van der Waals surface area contributed by atoms with Gasteiger partial charge in [0, 0.05) is 12.6 Å². The van der Waals surface area contributed by atoms with Crippen LogP contribution in [0.15, 0.2) is 18.2 Å². The molecular weight excluding hydrogens is 234 g/mol. The summed E-state index contributed by atoms with van der Waals surface area (Å²) in [6, 6.07) is 6.00. The summed E-state index contributed by atoms with van der Waals surface area (Å²) in [6.07, 6.45) is 0. The number of rotatable bonds is 1. The van der Waals surface area contributed by atoms with Crippen molar-refractivity contribution in [3.05, 3.63) is 24.0 Å². The first kappa shape index (κ1) is 10.2. The normalized spacial score (nSPS) is 11.2. The number of fused-ring (bicyclic) bond motifs is 1. The van der Waals surface area contributed by atoms with Gasteiger partial charge < -0.3 is 10.3 Å². The van der Waals surface area contributed by atoms with Crippen LogP contribution in [-0.4, -0.2) is 19.7 Å². The third kappa shape index (κ3) is 1.57. The molecule has 0 bridgehead atoms. The highest BCUT2D eigenvalue weighted by Gasteiger charge is 2.09. The number of hydrogen-bond donors (Lipinski definition) is 1. The molecule has 0 atom stereocenters. The van der Waals surface area contributed by atoms with Crippen LogP contribution in [0, 0.1) is 6.92 Å². The van der Waals surface area contributed by atoms with Crippen LogP contribution in [0.1, 0.15) is 5.82 Å².